The van der Waals surface area contributed by atoms with E-state index >= 15 is 0 Å². The molecule has 0 saturated heterocycles. The standard InChI is InChI=1S/C20H31F2N3O3S/c1-5-13(6-2)19(27)23-9-17(26)25(8-4)10-14(7-3)24-20(28)16-12-29-11-15(16)18(21)22/h11-14,18H,5-10H2,1-4H3,(H,23,27)(H,24,28)/t14-/m0/s1. The van der Waals surface area contributed by atoms with E-state index in [1.165, 1.54) is 10.8 Å². The second-order valence-corrected chi connectivity index (χ2v) is 7.53. The third-order valence-electron chi connectivity index (χ3n) is 4.95. The molecule has 0 bridgehead atoms. The van der Waals surface area contributed by atoms with Crippen LogP contribution in [-0.4, -0.2) is 48.3 Å². The second-order valence-electron chi connectivity index (χ2n) is 6.78. The highest BCUT2D eigenvalue weighted by Crippen LogP contribution is 2.26. The zero-order valence-electron chi connectivity index (χ0n) is 17.5. The average molecular weight is 432 g/mol. The van der Waals surface area contributed by atoms with Crippen LogP contribution in [0.3, 0.4) is 0 Å². The van der Waals surface area contributed by atoms with Crippen LogP contribution in [0.2, 0.25) is 0 Å². The van der Waals surface area contributed by atoms with Gasteiger partial charge in [0.1, 0.15) is 0 Å². The predicted molar refractivity (Wildman–Crippen MR) is 110 cm³/mol. The lowest BCUT2D eigenvalue weighted by molar-refractivity contribution is -0.134. The summed E-state index contributed by atoms with van der Waals surface area (Å²) in [4.78, 5) is 38.5. The van der Waals surface area contributed by atoms with Gasteiger partial charge in [0.05, 0.1) is 12.1 Å². The molecule has 1 aromatic rings. The molecular weight excluding hydrogens is 400 g/mol. The fraction of sp³-hybridized carbons (Fsp3) is 0.650. The number of carbonyl (C=O) groups is 3. The molecule has 0 aromatic carbocycles. The summed E-state index contributed by atoms with van der Waals surface area (Å²) in [5.41, 5.74) is -0.315. The summed E-state index contributed by atoms with van der Waals surface area (Å²) in [6, 6.07) is -0.383. The first-order valence-electron chi connectivity index (χ1n) is 9.99. The van der Waals surface area contributed by atoms with Crippen LogP contribution < -0.4 is 10.6 Å². The van der Waals surface area contributed by atoms with E-state index in [0.29, 0.717) is 25.8 Å². The van der Waals surface area contributed by atoms with Gasteiger partial charge in [0.15, 0.2) is 0 Å². The molecule has 0 spiro atoms. The molecule has 29 heavy (non-hydrogen) atoms. The van der Waals surface area contributed by atoms with Gasteiger partial charge in [-0.15, -0.1) is 0 Å². The van der Waals surface area contributed by atoms with E-state index in [-0.39, 0.29) is 48.0 Å². The lowest BCUT2D eigenvalue weighted by Crippen LogP contribution is -2.48. The molecule has 0 radical (unpaired) electrons. The first-order chi connectivity index (χ1) is 13.8. The van der Waals surface area contributed by atoms with E-state index < -0.39 is 12.3 Å². The molecule has 1 atom stereocenters. The van der Waals surface area contributed by atoms with Crippen LogP contribution in [0.15, 0.2) is 10.8 Å². The molecule has 0 aliphatic rings. The number of hydrogen-bond donors (Lipinski definition) is 2. The number of likely N-dealkylation sites (N-methyl/N-ethyl adjacent to an activating group) is 1. The van der Waals surface area contributed by atoms with Gasteiger partial charge >= 0.3 is 0 Å². The van der Waals surface area contributed by atoms with Crippen molar-refractivity contribution in [1.29, 1.82) is 0 Å². The Labute approximate surface area is 175 Å². The molecule has 1 rings (SSSR count). The fourth-order valence-corrected chi connectivity index (χ4v) is 3.78. The molecule has 1 heterocycles. The van der Waals surface area contributed by atoms with Gasteiger partial charge in [-0.25, -0.2) is 8.78 Å². The molecule has 0 fully saturated rings. The SMILES string of the molecule is CCC(CC)C(=O)NCC(=O)N(CC)C[C@H](CC)NC(=O)c1cscc1C(F)F. The van der Waals surface area contributed by atoms with Gasteiger partial charge < -0.3 is 15.5 Å². The summed E-state index contributed by atoms with van der Waals surface area (Å²) in [7, 11) is 0. The Morgan fingerprint density at radius 3 is 2.24 bits per heavy atom. The van der Waals surface area contributed by atoms with Crippen molar-refractivity contribution in [3.63, 3.8) is 0 Å². The minimum absolute atomic E-state index is 0.0322. The Balaban J connectivity index is 2.67. The van der Waals surface area contributed by atoms with Crippen molar-refractivity contribution in [2.45, 2.75) is 59.4 Å². The van der Waals surface area contributed by atoms with Crippen molar-refractivity contribution >= 4 is 29.1 Å². The molecule has 0 unspecified atom stereocenters. The van der Waals surface area contributed by atoms with Crippen molar-refractivity contribution in [3.05, 3.63) is 21.9 Å². The molecule has 0 aliphatic heterocycles. The van der Waals surface area contributed by atoms with Crippen LogP contribution in [-0.2, 0) is 9.59 Å². The third-order valence-corrected chi connectivity index (χ3v) is 5.71. The fourth-order valence-electron chi connectivity index (χ4n) is 2.95. The second kappa shape index (κ2) is 12.5. The van der Waals surface area contributed by atoms with Crippen LogP contribution in [0.1, 0.15) is 69.3 Å². The highest BCUT2D eigenvalue weighted by Gasteiger charge is 2.24. The van der Waals surface area contributed by atoms with Crippen LogP contribution >= 0.6 is 11.3 Å². The molecule has 6 nitrogen and oxygen atoms in total. The van der Waals surface area contributed by atoms with Gasteiger partial charge in [-0.2, -0.15) is 11.3 Å². The van der Waals surface area contributed by atoms with Crippen molar-refractivity contribution in [2.24, 2.45) is 5.92 Å². The Hall–Kier alpha value is -2.03. The summed E-state index contributed by atoms with van der Waals surface area (Å²) in [5.74, 6) is -1.07. The maximum absolute atomic E-state index is 13.0. The summed E-state index contributed by atoms with van der Waals surface area (Å²) in [6.07, 6.45) is -0.763. The van der Waals surface area contributed by atoms with Gasteiger partial charge in [0, 0.05) is 41.4 Å². The van der Waals surface area contributed by atoms with Crippen LogP contribution in [0.25, 0.3) is 0 Å². The lowest BCUT2D eigenvalue weighted by atomic mass is 10.0. The topological polar surface area (TPSA) is 78.5 Å². The number of nitrogens with zero attached hydrogens (tertiary/aromatic N) is 1. The molecule has 0 aliphatic carbocycles. The Morgan fingerprint density at radius 2 is 1.72 bits per heavy atom. The predicted octanol–water partition coefficient (Wildman–Crippen LogP) is 3.60. The zero-order chi connectivity index (χ0) is 22.0. The van der Waals surface area contributed by atoms with Crippen LogP contribution in [0.4, 0.5) is 8.78 Å². The molecular formula is C20H31F2N3O3S. The summed E-state index contributed by atoms with van der Waals surface area (Å²) >= 11 is 1.05. The van der Waals surface area contributed by atoms with Crippen LogP contribution in [0.5, 0.6) is 0 Å². The summed E-state index contributed by atoms with van der Waals surface area (Å²) in [5, 5.41) is 8.08. The number of nitrogens with one attached hydrogen (secondary N) is 2. The first kappa shape index (κ1) is 25.0. The van der Waals surface area contributed by atoms with E-state index in [0.717, 1.165) is 11.3 Å². The minimum atomic E-state index is -2.71. The van der Waals surface area contributed by atoms with Gasteiger partial charge in [0.25, 0.3) is 12.3 Å². The number of amides is 3. The smallest absolute Gasteiger partial charge is 0.265 e. The number of rotatable bonds is 12. The Bertz CT molecular complexity index is 678. The monoisotopic (exact) mass is 431 g/mol. The lowest BCUT2D eigenvalue weighted by Gasteiger charge is -2.27. The molecule has 0 saturated carbocycles. The third kappa shape index (κ3) is 7.38. The molecule has 3 amide bonds. The quantitative estimate of drug-likeness (QED) is 0.531. The van der Waals surface area contributed by atoms with Gasteiger partial charge in [0.2, 0.25) is 11.8 Å². The maximum Gasteiger partial charge on any atom is 0.265 e. The van der Waals surface area contributed by atoms with Gasteiger partial charge in [-0.05, 0) is 26.2 Å². The first-order valence-corrected chi connectivity index (χ1v) is 10.9. The molecule has 2 N–H and O–H groups in total. The Morgan fingerprint density at radius 1 is 1.07 bits per heavy atom. The number of thiophene rings is 1. The molecule has 9 heteroatoms. The van der Waals surface area contributed by atoms with Crippen molar-refractivity contribution in [3.8, 4) is 0 Å². The van der Waals surface area contributed by atoms with Crippen LogP contribution in [0, 0.1) is 5.92 Å². The Kier molecular flexibility index (Phi) is 10.8. The molecule has 1 aromatic heterocycles. The summed E-state index contributed by atoms with van der Waals surface area (Å²) in [6.45, 7) is 8.06. The van der Waals surface area contributed by atoms with Gasteiger partial charge in [-0.1, -0.05) is 20.8 Å². The number of carbonyl (C=O) groups excluding carboxylic acids is 3. The van der Waals surface area contributed by atoms with E-state index in [2.05, 4.69) is 10.6 Å². The average Bonchev–Trinajstić information content (AvgIpc) is 3.20. The van der Waals surface area contributed by atoms with Crippen molar-refractivity contribution in [2.75, 3.05) is 19.6 Å². The van der Waals surface area contributed by atoms with E-state index in [1.807, 2.05) is 27.7 Å². The molecule has 164 valence electrons. The highest BCUT2D eigenvalue weighted by atomic mass is 32.1. The maximum atomic E-state index is 13.0. The zero-order valence-corrected chi connectivity index (χ0v) is 18.3. The number of alkyl halides is 2. The van der Waals surface area contributed by atoms with Crippen molar-refractivity contribution in [1.82, 2.24) is 15.5 Å². The number of hydrogen-bond acceptors (Lipinski definition) is 4. The summed E-state index contributed by atoms with van der Waals surface area (Å²) < 4.78 is 26.0. The number of halogens is 2. The highest BCUT2D eigenvalue weighted by molar-refractivity contribution is 7.08. The van der Waals surface area contributed by atoms with E-state index in [4.69, 9.17) is 0 Å². The largest absolute Gasteiger partial charge is 0.347 e. The van der Waals surface area contributed by atoms with E-state index in [9.17, 15) is 23.2 Å². The van der Waals surface area contributed by atoms with E-state index in [1.54, 1.807) is 4.90 Å². The van der Waals surface area contributed by atoms with Crippen molar-refractivity contribution < 1.29 is 23.2 Å². The van der Waals surface area contributed by atoms with Gasteiger partial charge in [-0.3, -0.25) is 14.4 Å². The minimum Gasteiger partial charge on any atom is -0.347 e. The normalized spacial score (nSPS) is 12.1.